The number of sulfonamides is 1. The molecule has 2 heterocycles. The number of aromatic nitrogens is 2. The maximum absolute atomic E-state index is 12.9. The Kier molecular flexibility index (Phi) is 5.15. The number of hydrogen-bond donors (Lipinski definition) is 0. The van der Waals surface area contributed by atoms with E-state index in [4.69, 9.17) is 0 Å². The van der Waals surface area contributed by atoms with Gasteiger partial charge < -0.3 is 4.90 Å². The van der Waals surface area contributed by atoms with Gasteiger partial charge in [0.1, 0.15) is 4.90 Å². The van der Waals surface area contributed by atoms with Crippen LogP contribution in [0.5, 0.6) is 0 Å². The summed E-state index contributed by atoms with van der Waals surface area (Å²) in [5.41, 5.74) is 2.22. The van der Waals surface area contributed by atoms with Crippen LogP contribution in [0.1, 0.15) is 29.9 Å². The van der Waals surface area contributed by atoms with Crippen molar-refractivity contribution in [3.63, 3.8) is 0 Å². The van der Waals surface area contributed by atoms with Gasteiger partial charge in [0.05, 0.1) is 5.69 Å². The van der Waals surface area contributed by atoms with Gasteiger partial charge in [0.15, 0.2) is 5.78 Å². The molecule has 0 atom stereocenters. The number of aryl methyl sites for hydroxylation is 2. The molecule has 0 aliphatic carbocycles. The highest BCUT2D eigenvalue weighted by atomic mass is 32.2. The molecule has 0 saturated carbocycles. The van der Waals surface area contributed by atoms with Crippen molar-refractivity contribution in [2.75, 3.05) is 31.1 Å². The summed E-state index contributed by atoms with van der Waals surface area (Å²) in [4.78, 5) is 13.8. The monoisotopic (exact) mass is 376 g/mol. The first-order valence-electron chi connectivity index (χ1n) is 8.73. The van der Waals surface area contributed by atoms with Gasteiger partial charge in [-0.1, -0.05) is 0 Å². The summed E-state index contributed by atoms with van der Waals surface area (Å²) < 4.78 is 29.0. The minimum Gasteiger partial charge on any atom is -0.369 e. The van der Waals surface area contributed by atoms with E-state index >= 15 is 0 Å². The van der Waals surface area contributed by atoms with Crippen LogP contribution in [0.15, 0.2) is 35.4 Å². The Morgan fingerprint density at radius 3 is 2.23 bits per heavy atom. The normalized spacial score (nSPS) is 16.0. The number of Topliss-reactive ketones (excluding diaryl/α,β-unsaturated/α-hetero) is 1. The molecule has 2 aromatic rings. The third kappa shape index (κ3) is 3.52. The SMILES string of the molecule is CCn1cc(S(=O)(=O)N2CCN(c3ccc(C(C)=O)cc3)CC2)c(C)n1. The van der Waals surface area contributed by atoms with E-state index < -0.39 is 10.0 Å². The average molecular weight is 376 g/mol. The van der Waals surface area contributed by atoms with Crippen LogP contribution >= 0.6 is 0 Å². The second-order valence-corrected chi connectivity index (χ2v) is 8.34. The summed E-state index contributed by atoms with van der Waals surface area (Å²) in [6, 6.07) is 7.44. The Morgan fingerprint density at radius 2 is 1.73 bits per heavy atom. The van der Waals surface area contributed by atoms with Crippen LogP contribution in [0, 0.1) is 6.92 Å². The van der Waals surface area contributed by atoms with E-state index in [1.165, 1.54) is 4.31 Å². The van der Waals surface area contributed by atoms with Gasteiger partial charge in [-0.3, -0.25) is 9.48 Å². The molecule has 26 heavy (non-hydrogen) atoms. The van der Waals surface area contributed by atoms with Crippen molar-refractivity contribution in [1.29, 1.82) is 0 Å². The van der Waals surface area contributed by atoms with Gasteiger partial charge in [-0.15, -0.1) is 0 Å². The Bertz CT molecular complexity index is 895. The number of carbonyl (C=O) groups is 1. The summed E-state index contributed by atoms with van der Waals surface area (Å²) in [5.74, 6) is 0.0375. The smallest absolute Gasteiger partial charge is 0.246 e. The van der Waals surface area contributed by atoms with E-state index in [9.17, 15) is 13.2 Å². The second kappa shape index (κ2) is 7.20. The molecular formula is C18H24N4O3S. The highest BCUT2D eigenvalue weighted by Crippen LogP contribution is 2.23. The van der Waals surface area contributed by atoms with Crippen LogP contribution in [-0.2, 0) is 16.6 Å². The van der Waals surface area contributed by atoms with Crippen molar-refractivity contribution in [2.45, 2.75) is 32.2 Å². The lowest BCUT2D eigenvalue weighted by atomic mass is 10.1. The Balaban J connectivity index is 1.71. The number of nitrogens with zero attached hydrogens (tertiary/aromatic N) is 4. The number of rotatable bonds is 5. The summed E-state index contributed by atoms with van der Waals surface area (Å²) >= 11 is 0. The molecule has 1 saturated heterocycles. The van der Waals surface area contributed by atoms with E-state index in [1.54, 1.807) is 24.7 Å². The molecule has 1 aliphatic rings. The lowest BCUT2D eigenvalue weighted by Gasteiger charge is -2.35. The largest absolute Gasteiger partial charge is 0.369 e. The lowest BCUT2D eigenvalue weighted by molar-refractivity contribution is 0.101. The predicted molar refractivity (Wildman–Crippen MR) is 100 cm³/mol. The standard InChI is InChI=1S/C18H24N4O3S/c1-4-21-13-18(14(2)19-21)26(24,25)22-11-9-20(10-12-22)17-7-5-16(6-8-17)15(3)23/h5-8,13H,4,9-12H2,1-3H3. The molecule has 140 valence electrons. The van der Waals surface area contributed by atoms with Crippen LogP contribution in [0.25, 0.3) is 0 Å². The van der Waals surface area contributed by atoms with Gasteiger partial charge >= 0.3 is 0 Å². The van der Waals surface area contributed by atoms with E-state index in [1.807, 2.05) is 31.2 Å². The molecule has 1 aromatic heterocycles. The van der Waals surface area contributed by atoms with E-state index in [0.717, 1.165) is 5.69 Å². The van der Waals surface area contributed by atoms with Gasteiger partial charge in [-0.2, -0.15) is 9.40 Å². The van der Waals surface area contributed by atoms with Gasteiger partial charge in [0.2, 0.25) is 10.0 Å². The molecule has 1 fully saturated rings. The van der Waals surface area contributed by atoms with Gasteiger partial charge in [-0.05, 0) is 45.0 Å². The Labute approximate surface area is 154 Å². The number of piperazine rings is 1. The van der Waals surface area contributed by atoms with Crippen LogP contribution in [0.3, 0.4) is 0 Å². The summed E-state index contributed by atoms with van der Waals surface area (Å²) in [6.45, 7) is 7.91. The van der Waals surface area contributed by atoms with Gasteiger partial charge in [0, 0.05) is 50.2 Å². The zero-order valence-corrected chi connectivity index (χ0v) is 16.2. The van der Waals surface area contributed by atoms with Crippen molar-refractivity contribution >= 4 is 21.5 Å². The average Bonchev–Trinajstić information content (AvgIpc) is 3.03. The van der Waals surface area contributed by atoms with E-state index in [0.29, 0.717) is 48.9 Å². The first kappa shape index (κ1) is 18.6. The van der Waals surface area contributed by atoms with Crippen molar-refractivity contribution < 1.29 is 13.2 Å². The molecule has 0 radical (unpaired) electrons. The zero-order valence-electron chi connectivity index (χ0n) is 15.3. The predicted octanol–water partition coefficient (Wildman–Crippen LogP) is 1.92. The third-order valence-corrected chi connectivity index (χ3v) is 6.72. The van der Waals surface area contributed by atoms with Crippen LogP contribution in [0.2, 0.25) is 0 Å². The Morgan fingerprint density at radius 1 is 1.12 bits per heavy atom. The van der Waals surface area contributed by atoms with Crippen LogP contribution in [-0.4, -0.2) is 54.5 Å². The molecule has 1 aliphatic heterocycles. The number of carbonyl (C=O) groups excluding carboxylic acids is 1. The summed E-state index contributed by atoms with van der Waals surface area (Å²) in [6.07, 6.45) is 1.61. The number of hydrogen-bond acceptors (Lipinski definition) is 5. The van der Waals surface area contributed by atoms with Crippen molar-refractivity contribution in [2.24, 2.45) is 0 Å². The summed E-state index contributed by atoms with van der Waals surface area (Å²) in [5, 5.41) is 4.25. The van der Waals surface area contributed by atoms with Crippen molar-refractivity contribution in [3.05, 3.63) is 41.7 Å². The zero-order chi connectivity index (χ0) is 18.9. The molecule has 8 heteroatoms. The maximum atomic E-state index is 12.9. The molecule has 7 nitrogen and oxygen atoms in total. The first-order chi connectivity index (χ1) is 12.3. The fourth-order valence-corrected chi connectivity index (χ4v) is 4.74. The highest BCUT2D eigenvalue weighted by molar-refractivity contribution is 7.89. The quantitative estimate of drug-likeness (QED) is 0.746. The first-order valence-corrected chi connectivity index (χ1v) is 10.2. The molecule has 0 bridgehead atoms. The molecule has 0 amide bonds. The number of ketones is 1. The van der Waals surface area contributed by atoms with Gasteiger partial charge in [-0.25, -0.2) is 8.42 Å². The van der Waals surface area contributed by atoms with Gasteiger partial charge in [0.25, 0.3) is 0 Å². The molecular weight excluding hydrogens is 352 g/mol. The highest BCUT2D eigenvalue weighted by Gasteiger charge is 2.31. The minimum absolute atomic E-state index is 0.0375. The fraction of sp³-hybridized carbons (Fsp3) is 0.444. The number of anilines is 1. The van der Waals surface area contributed by atoms with E-state index in [-0.39, 0.29) is 5.78 Å². The molecule has 0 unspecified atom stereocenters. The van der Waals surface area contributed by atoms with Crippen LogP contribution < -0.4 is 4.90 Å². The fourth-order valence-electron chi connectivity index (χ4n) is 3.15. The molecule has 0 N–H and O–H groups in total. The molecule has 0 spiro atoms. The lowest BCUT2D eigenvalue weighted by Crippen LogP contribution is -2.48. The molecule has 3 rings (SSSR count). The molecule has 1 aromatic carbocycles. The van der Waals surface area contributed by atoms with Crippen LogP contribution in [0.4, 0.5) is 5.69 Å². The maximum Gasteiger partial charge on any atom is 0.246 e. The Hall–Kier alpha value is -2.19. The van der Waals surface area contributed by atoms with E-state index in [2.05, 4.69) is 10.00 Å². The minimum atomic E-state index is -3.53. The van der Waals surface area contributed by atoms with Crippen molar-refractivity contribution in [1.82, 2.24) is 14.1 Å². The third-order valence-electron chi connectivity index (χ3n) is 4.72. The van der Waals surface area contributed by atoms with Crippen molar-refractivity contribution in [3.8, 4) is 0 Å². The second-order valence-electron chi connectivity index (χ2n) is 6.43. The number of benzene rings is 1. The topological polar surface area (TPSA) is 75.5 Å². The summed E-state index contributed by atoms with van der Waals surface area (Å²) in [7, 11) is -3.53.